The maximum Gasteiger partial charge on any atom is 0.130 e. The molecule has 0 saturated heterocycles. The van der Waals surface area contributed by atoms with Gasteiger partial charge in [-0.2, -0.15) is 0 Å². The lowest BCUT2D eigenvalue weighted by molar-refractivity contribution is 0.305. The third-order valence-electron chi connectivity index (χ3n) is 5.45. The maximum atomic E-state index is 6.40. The van der Waals surface area contributed by atoms with E-state index < -0.39 is 0 Å². The fourth-order valence-corrected chi connectivity index (χ4v) is 3.83. The van der Waals surface area contributed by atoms with E-state index in [4.69, 9.17) is 27.9 Å². The molecular formula is C24H34Cl2N2O. The molecule has 0 amide bonds. The first-order valence-corrected chi connectivity index (χ1v) is 11.5. The van der Waals surface area contributed by atoms with Crippen molar-refractivity contribution in [3.63, 3.8) is 0 Å². The summed E-state index contributed by atoms with van der Waals surface area (Å²) in [6, 6.07) is 11.8. The zero-order valence-electron chi connectivity index (χ0n) is 18.2. The minimum absolute atomic E-state index is 0.741. The molecule has 2 aromatic rings. The van der Waals surface area contributed by atoms with Crippen LogP contribution < -0.4 is 4.74 Å². The number of nitrogens with zero attached hydrogens (tertiary/aromatic N) is 2. The smallest absolute Gasteiger partial charge is 0.130 e. The largest absolute Gasteiger partial charge is 0.457 e. The molecule has 3 nitrogen and oxygen atoms in total. The van der Waals surface area contributed by atoms with Crippen molar-refractivity contribution in [1.29, 1.82) is 0 Å². The zero-order valence-corrected chi connectivity index (χ0v) is 19.7. The second-order valence-corrected chi connectivity index (χ2v) is 8.03. The second kappa shape index (κ2) is 12.4. The number of ether oxygens (including phenoxy) is 1. The summed E-state index contributed by atoms with van der Waals surface area (Å²) in [6.45, 7) is 14.9. The molecule has 0 saturated carbocycles. The molecule has 2 rings (SSSR count). The van der Waals surface area contributed by atoms with Gasteiger partial charge in [-0.15, -0.1) is 0 Å². The molecule has 29 heavy (non-hydrogen) atoms. The Morgan fingerprint density at radius 2 is 1.03 bits per heavy atom. The zero-order chi connectivity index (χ0) is 21.2. The molecule has 5 heteroatoms. The van der Waals surface area contributed by atoms with Gasteiger partial charge in [0, 0.05) is 23.1 Å². The van der Waals surface area contributed by atoms with Crippen LogP contribution in [0.2, 0.25) is 10.0 Å². The van der Waals surface area contributed by atoms with Crippen LogP contribution in [0.1, 0.15) is 38.8 Å². The van der Waals surface area contributed by atoms with E-state index >= 15 is 0 Å². The van der Waals surface area contributed by atoms with E-state index in [1.165, 1.54) is 0 Å². The lowest BCUT2D eigenvalue weighted by Crippen LogP contribution is -2.25. The highest BCUT2D eigenvalue weighted by Gasteiger charge is 2.12. The Bertz CT molecular complexity index is 695. The number of rotatable bonds is 12. The van der Waals surface area contributed by atoms with Crippen LogP contribution in [-0.4, -0.2) is 49.1 Å². The van der Waals surface area contributed by atoms with Crippen molar-refractivity contribution in [3.8, 4) is 11.5 Å². The molecule has 0 aliphatic heterocycles. The van der Waals surface area contributed by atoms with Gasteiger partial charge in [0.05, 0.1) is 0 Å². The van der Waals surface area contributed by atoms with Crippen LogP contribution in [0.5, 0.6) is 11.5 Å². The van der Waals surface area contributed by atoms with Gasteiger partial charge in [0.2, 0.25) is 0 Å². The minimum atomic E-state index is 0.741. The normalized spacial score (nSPS) is 11.4. The van der Waals surface area contributed by atoms with Gasteiger partial charge >= 0.3 is 0 Å². The van der Waals surface area contributed by atoms with Crippen LogP contribution in [0.4, 0.5) is 0 Å². The lowest BCUT2D eigenvalue weighted by atomic mass is 10.1. The standard InChI is InChI=1S/C24H34Cl2N2O/c1-5-27(6-2)15-13-19-17-21(25)9-11-23(19)29-24-12-10-22(26)18-20(24)14-16-28(7-3)8-4/h9-12,17-18H,5-8,13-16H2,1-4H3. The van der Waals surface area contributed by atoms with Crippen molar-refractivity contribution in [2.75, 3.05) is 39.3 Å². The van der Waals surface area contributed by atoms with Crippen LogP contribution in [0.25, 0.3) is 0 Å². The first-order chi connectivity index (χ1) is 14.0. The summed E-state index contributed by atoms with van der Waals surface area (Å²) in [6.07, 6.45) is 1.81. The van der Waals surface area contributed by atoms with Crippen LogP contribution in [0, 0.1) is 0 Å². The predicted octanol–water partition coefficient (Wildman–Crippen LogP) is 6.55. The van der Waals surface area contributed by atoms with Crippen molar-refractivity contribution in [2.45, 2.75) is 40.5 Å². The van der Waals surface area contributed by atoms with Crippen LogP contribution in [0.15, 0.2) is 36.4 Å². The van der Waals surface area contributed by atoms with Gasteiger partial charge in [-0.25, -0.2) is 0 Å². The Hall–Kier alpha value is -1.26. The summed E-state index contributed by atoms with van der Waals surface area (Å²) in [5.41, 5.74) is 2.27. The third-order valence-corrected chi connectivity index (χ3v) is 5.92. The second-order valence-electron chi connectivity index (χ2n) is 7.16. The van der Waals surface area contributed by atoms with Gasteiger partial charge in [0.25, 0.3) is 0 Å². The van der Waals surface area contributed by atoms with Gasteiger partial charge < -0.3 is 14.5 Å². The van der Waals surface area contributed by atoms with Gasteiger partial charge in [0.1, 0.15) is 11.5 Å². The molecule has 160 valence electrons. The van der Waals surface area contributed by atoms with E-state index in [1.54, 1.807) is 0 Å². The summed E-state index contributed by atoms with van der Waals surface area (Å²) in [4.78, 5) is 4.81. The van der Waals surface area contributed by atoms with Crippen LogP contribution in [-0.2, 0) is 12.8 Å². The summed E-state index contributed by atoms with van der Waals surface area (Å²) in [5.74, 6) is 1.74. The summed E-state index contributed by atoms with van der Waals surface area (Å²) < 4.78 is 6.40. The molecule has 0 unspecified atom stereocenters. The summed E-state index contributed by atoms with van der Waals surface area (Å²) in [7, 11) is 0. The van der Waals surface area contributed by atoms with E-state index in [1.807, 2.05) is 36.4 Å². The number of benzene rings is 2. The van der Waals surface area contributed by atoms with E-state index in [0.29, 0.717) is 0 Å². The van der Waals surface area contributed by atoms with Crippen molar-refractivity contribution in [1.82, 2.24) is 9.80 Å². The molecule has 0 bridgehead atoms. The predicted molar refractivity (Wildman–Crippen MR) is 126 cm³/mol. The molecule has 0 spiro atoms. The molecule has 0 atom stereocenters. The summed E-state index contributed by atoms with van der Waals surface area (Å²) in [5, 5.41) is 1.48. The summed E-state index contributed by atoms with van der Waals surface area (Å²) >= 11 is 12.6. The third kappa shape index (κ3) is 7.49. The topological polar surface area (TPSA) is 15.7 Å². The molecular weight excluding hydrogens is 403 g/mol. The van der Waals surface area contributed by atoms with Gasteiger partial charge in [-0.1, -0.05) is 50.9 Å². The van der Waals surface area contributed by atoms with Crippen LogP contribution >= 0.6 is 23.2 Å². The highest BCUT2D eigenvalue weighted by atomic mass is 35.5. The molecule has 0 heterocycles. The Labute approximate surface area is 186 Å². The molecule has 0 aromatic heterocycles. The minimum Gasteiger partial charge on any atom is -0.457 e. The monoisotopic (exact) mass is 436 g/mol. The van der Waals surface area contributed by atoms with E-state index in [0.717, 1.165) is 84.8 Å². The van der Waals surface area contributed by atoms with Crippen molar-refractivity contribution < 1.29 is 4.74 Å². The molecule has 0 aliphatic rings. The molecule has 0 N–H and O–H groups in total. The van der Waals surface area contributed by atoms with Gasteiger partial charge in [0.15, 0.2) is 0 Å². The Balaban J connectivity index is 2.22. The SMILES string of the molecule is CCN(CC)CCc1cc(Cl)ccc1Oc1ccc(Cl)cc1CCN(CC)CC. The highest BCUT2D eigenvalue weighted by molar-refractivity contribution is 6.31. The molecule has 2 aromatic carbocycles. The van der Waals surface area contributed by atoms with Crippen molar-refractivity contribution in [2.24, 2.45) is 0 Å². The average Bonchev–Trinajstić information content (AvgIpc) is 2.72. The lowest BCUT2D eigenvalue weighted by Gasteiger charge is -2.21. The Kier molecular flexibility index (Phi) is 10.3. The van der Waals surface area contributed by atoms with E-state index in [2.05, 4.69) is 37.5 Å². The van der Waals surface area contributed by atoms with E-state index in [9.17, 15) is 0 Å². The highest BCUT2D eigenvalue weighted by Crippen LogP contribution is 2.32. The van der Waals surface area contributed by atoms with E-state index in [-0.39, 0.29) is 0 Å². The van der Waals surface area contributed by atoms with Crippen molar-refractivity contribution in [3.05, 3.63) is 57.6 Å². The fraction of sp³-hybridized carbons (Fsp3) is 0.500. The maximum absolute atomic E-state index is 6.40. The van der Waals surface area contributed by atoms with Crippen molar-refractivity contribution >= 4 is 23.2 Å². The number of halogens is 2. The molecule has 0 fully saturated rings. The number of likely N-dealkylation sites (N-methyl/N-ethyl adjacent to an activating group) is 2. The first-order valence-electron chi connectivity index (χ1n) is 10.7. The number of hydrogen-bond acceptors (Lipinski definition) is 3. The fourth-order valence-electron chi connectivity index (χ4n) is 3.44. The first kappa shape index (κ1) is 24.0. The molecule has 0 radical (unpaired) electrons. The van der Waals surface area contributed by atoms with Gasteiger partial charge in [-0.3, -0.25) is 0 Å². The quantitative estimate of drug-likeness (QED) is 0.374. The molecule has 0 aliphatic carbocycles. The Morgan fingerprint density at radius 1 is 0.655 bits per heavy atom. The van der Waals surface area contributed by atoms with Gasteiger partial charge in [-0.05, 0) is 86.5 Å². The Morgan fingerprint density at radius 3 is 1.38 bits per heavy atom. The average molecular weight is 437 g/mol. The van der Waals surface area contributed by atoms with Crippen LogP contribution in [0.3, 0.4) is 0 Å². The number of hydrogen-bond donors (Lipinski definition) is 0.